The van der Waals surface area contributed by atoms with Crippen LogP contribution in [0.3, 0.4) is 0 Å². The van der Waals surface area contributed by atoms with Crippen LogP contribution in [0.1, 0.15) is 341 Å². The number of hydrogen-bond acceptors (Lipinski definition) is 6. The molecule has 81 heavy (non-hydrogen) atoms. The van der Waals surface area contributed by atoms with Crippen molar-refractivity contribution in [1.29, 1.82) is 0 Å². The van der Waals surface area contributed by atoms with E-state index in [2.05, 4.69) is 67.8 Å². The highest BCUT2D eigenvalue weighted by molar-refractivity contribution is 7.45. The summed E-state index contributed by atoms with van der Waals surface area (Å²) in [7, 11) is 1.25. The molecule has 0 saturated heterocycles. The third-order valence-corrected chi connectivity index (χ3v) is 16.9. The fourth-order valence-corrected chi connectivity index (χ4v) is 11.2. The Hall–Kier alpha value is -1.80. The van der Waals surface area contributed by atoms with Gasteiger partial charge in [-0.3, -0.25) is 9.36 Å². The molecule has 0 saturated carbocycles. The van der Waals surface area contributed by atoms with Crippen molar-refractivity contribution in [2.24, 2.45) is 0 Å². The molecular weight excluding hydrogens is 1020 g/mol. The fourth-order valence-electron chi connectivity index (χ4n) is 10.5. The van der Waals surface area contributed by atoms with E-state index >= 15 is 0 Å². The van der Waals surface area contributed by atoms with Gasteiger partial charge in [0.25, 0.3) is 7.82 Å². The van der Waals surface area contributed by atoms with Gasteiger partial charge in [-0.25, -0.2) is 0 Å². The smallest absolute Gasteiger partial charge is 0.268 e. The molecule has 0 aromatic rings. The largest absolute Gasteiger partial charge is 0.756 e. The zero-order valence-electron chi connectivity index (χ0n) is 54.5. The van der Waals surface area contributed by atoms with E-state index in [-0.39, 0.29) is 12.5 Å². The number of likely N-dealkylation sites (N-methyl/N-ethyl adjacent to an activating group) is 1. The number of carbonyl (C=O) groups is 1. The van der Waals surface area contributed by atoms with Gasteiger partial charge in [-0.15, -0.1) is 0 Å². The number of unbranched alkanes of at least 4 members (excludes halogenated alkanes) is 44. The maximum absolute atomic E-state index is 13.0. The molecule has 0 fully saturated rings. The molecule has 0 aliphatic carbocycles. The summed E-state index contributed by atoms with van der Waals surface area (Å²) in [6.45, 7) is 4.66. The van der Waals surface area contributed by atoms with E-state index in [9.17, 15) is 19.4 Å². The Morgan fingerprint density at radius 3 is 1.09 bits per heavy atom. The number of aliphatic hydroxyl groups is 1. The molecule has 3 unspecified atom stereocenters. The molecular formula is C72H137N2O6P. The monoisotopic (exact) mass is 1160 g/mol. The van der Waals surface area contributed by atoms with Crippen molar-refractivity contribution in [2.45, 2.75) is 353 Å². The summed E-state index contributed by atoms with van der Waals surface area (Å²) >= 11 is 0. The number of rotatable bonds is 65. The number of nitrogens with zero attached hydrogens (tertiary/aromatic N) is 1. The first-order valence-electron chi connectivity index (χ1n) is 35.2. The molecule has 0 spiro atoms. The van der Waals surface area contributed by atoms with Gasteiger partial charge in [0.05, 0.1) is 39.9 Å². The Kier molecular flexibility index (Phi) is 61.3. The first-order valence-corrected chi connectivity index (χ1v) is 36.6. The highest BCUT2D eigenvalue weighted by atomic mass is 31.2. The number of carbonyl (C=O) groups excluding carboxylic acids is 1. The standard InChI is InChI=1S/C72H137N2O6P/c1-6-8-10-12-14-16-18-20-22-24-26-28-30-31-32-33-34-35-36-37-38-39-40-41-42-43-44-46-48-50-52-54-56-58-60-62-64-66-72(76)73-70(69-80-81(77,78)79-68-67-74(3,4)5)71(75)65-63-61-59-57-55-53-51-49-47-45-29-27-25-23-21-19-17-15-13-11-9-7-2/h18,20,24,26,30-31,55,57,63,65,70-71,75H,6-17,19,21-23,25,27-29,32-54,56,58-62,64,66-69H2,1-5H3,(H-,73,76,77,78)/b20-18-,26-24-,31-30-,57-55+,65-63+. The lowest BCUT2D eigenvalue weighted by atomic mass is 10.0. The molecule has 3 atom stereocenters. The summed E-state index contributed by atoms with van der Waals surface area (Å²) in [6.07, 6.45) is 86.4. The van der Waals surface area contributed by atoms with Crippen molar-refractivity contribution in [3.05, 3.63) is 60.8 Å². The lowest BCUT2D eigenvalue weighted by Gasteiger charge is -2.29. The molecule has 0 aromatic heterocycles. The van der Waals surface area contributed by atoms with E-state index < -0.39 is 26.6 Å². The molecule has 9 heteroatoms. The first kappa shape index (κ1) is 79.2. The van der Waals surface area contributed by atoms with Crippen molar-refractivity contribution in [1.82, 2.24) is 5.32 Å². The zero-order valence-corrected chi connectivity index (χ0v) is 55.4. The van der Waals surface area contributed by atoms with E-state index in [1.54, 1.807) is 6.08 Å². The predicted octanol–water partition coefficient (Wildman–Crippen LogP) is 21.8. The maximum atomic E-state index is 13.0. The summed E-state index contributed by atoms with van der Waals surface area (Å²) in [6, 6.07) is -0.905. The van der Waals surface area contributed by atoms with Crippen LogP contribution in [0.5, 0.6) is 0 Å². The van der Waals surface area contributed by atoms with Gasteiger partial charge in [-0.1, -0.05) is 325 Å². The number of allylic oxidation sites excluding steroid dienone is 9. The van der Waals surface area contributed by atoms with Gasteiger partial charge in [0, 0.05) is 6.42 Å². The van der Waals surface area contributed by atoms with E-state index in [0.29, 0.717) is 17.4 Å². The van der Waals surface area contributed by atoms with Crippen LogP contribution in [0.15, 0.2) is 60.8 Å². The second-order valence-corrected chi connectivity index (χ2v) is 26.6. The van der Waals surface area contributed by atoms with Crippen molar-refractivity contribution in [3.63, 3.8) is 0 Å². The average Bonchev–Trinajstić information content (AvgIpc) is 3.43. The van der Waals surface area contributed by atoms with Crippen LogP contribution in [-0.2, 0) is 18.4 Å². The van der Waals surface area contributed by atoms with E-state index in [4.69, 9.17) is 9.05 Å². The molecule has 0 heterocycles. The molecule has 0 bridgehead atoms. The normalized spacial score (nSPS) is 14.0. The van der Waals surface area contributed by atoms with Crippen LogP contribution in [0.25, 0.3) is 0 Å². The van der Waals surface area contributed by atoms with Crippen molar-refractivity contribution < 1.29 is 32.9 Å². The van der Waals surface area contributed by atoms with Gasteiger partial charge < -0.3 is 28.8 Å². The van der Waals surface area contributed by atoms with E-state index in [0.717, 1.165) is 51.4 Å². The van der Waals surface area contributed by atoms with Crippen LogP contribution in [-0.4, -0.2) is 68.5 Å². The Labute approximate surface area is 504 Å². The SMILES string of the molecule is CCCCCCC/C=C\C/C=C\C/C=C\CCCCCCCCCCCCCCCCCCCCCCCCC(=O)NC(COP(=O)([O-])OCC[N+](C)(C)C)C(O)/C=C/CC/C=C/CCCCCCCCCCCCCCCCCC. The lowest BCUT2D eigenvalue weighted by Crippen LogP contribution is -2.45. The van der Waals surface area contributed by atoms with Gasteiger partial charge in [0.1, 0.15) is 13.2 Å². The Morgan fingerprint density at radius 1 is 0.432 bits per heavy atom. The van der Waals surface area contributed by atoms with Crippen LogP contribution in [0.2, 0.25) is 0 Å². The van der Waals surface area contributed by atoms with E-state index in [1.807, 2.05) is 27.2 Å². The Bertz CT molecular complexity index is 1500. The Balaban J connectivity index is 4.02. The molecule has 0 aromatic carbocycles. The van der Waals surface area contributed by atoms with Gasteiger partial charge in [0.2, 0.25) is 5.91 Å². The molecule has 476 valence electrons. The summed E-state index contributed by atoms with van der Waals surface area (Å²) in [5.74, 6) is -0.202. The average molecular weight is 1160 g/mol. The molecule has 2 N–H and O–H groups in total. The van der Waals surface area contributed by atoms with Gasteiger partial charge >= 0.3 is 0 Å². The molecule has 0 radical (unpaired) electrons. The highest BCUT2D eigenvalue weighted by Crippen LogP contribution is 2.38. The second-order valence-electron chi connectivity index (χ2n) is 25.2. The first-order chi connectivity index (χ1) is 39.5. The number of aliphatic hydroxyl groups excluding tert-OH is 1. The molecule has 1 amide bonds. The quantitative estimate of drug-likeness (QED) is 0.0272. The van der Waals surface area contributed by atoms with Crippen molar-refractivity contribution in [3.8, 4) is 0 Å². The third kappa shape index (κ3) is 65.6. The van der Waals surface area contributed by atoms with Gasteiger partial charge in [-0.05, 0) is 70.6 Å². The highest BCUT2D eigenvalue weighted by Gasteiger charge is 2.23. The number of phosphoric ester groups is 1. The minimum atomic E-state index is -4.61. The maximum Gasteiger partial charge on any atom is 0.268 e. The molecule has 0 aliphatic heterocycles. The van der Waals surface area contributed by atoms with Gasteiger partial charge in [-0.2, -0.15) is 0 Å². The molecule has 8 nitrogen and oxygen atoms in total. The van der Waals surface area contributed by atoms with Gasteiger partial charge in [0.15, 0.2) is 0 Å². The predicted molar refractivity (Wildman–Crippen MR) is 353 cm³/mol. The number of phosphoric acid groups is 1. The molecule has 0 aliphatic rings. The zero-order chi connectivity index (χ0) is 59.1. The minimum Gasteiger partial charge on any atom is -0.756 e. The van der Waals surface area contributed by atoms with Crippen molar-refractivity contribution >= 4 is 13.7 Å². The molecule has 0 rings (SSSR count). The fraction of sp³-hybridized carbons (Fsp3) is 0.847. The number of nitrogens with one attached hydrogen (secondary N) is 1. The van der Waals surface area contributed by atoms with Crippen molar-refractivity contribution in [2.75, 3.05) is 40.9 Å². The summed E-state index contributed by atoms with van der Waals surface area (Å²) < 4.78 is 23.4. The number of quaternary nitrogens is 1. The third-order valence-electron chi connectivity index (χ3n) is 15.9. The summed E-state index contributed by atoms with van der Waals surface area (Å²) in [4.78, 5) is 25.6. The minimum absolute atomic E-state index is 0.00573. The van der Waals surface area contributed by atoms with Crippen LogP contribution < -0.4 is 10.2 Å². The number of amides is 1. The Morgan fingerprint density at radius 2 is 0.728 bits per heavy atom. The van der Waals surface area contributed by atoms with Crippen LogP contribution in [0.4, 0.5) is 0 Å². The van der Waals surface area contributed by atoms with Crippen LogP contribution in [0, 0.1) is 0 Å². The topological polar surface area (TPSA) is 108 Å². The second kappa shape index (κ2) is 62.7. The summed E-state index contributed by atoms with van der Waals surface area (Å²) in [5, 5.41) is 13.9. The van der Waals surface area contributed by atoms with Crippen LogP contribution >= 0.6 is 7.82 Å². The van der Waals surface area contributed by atoms with E-state index in [1.165, 1.54) is 270 Å². The summed E-state index contributed by atoms with van der Waals surface area (Å²) in [5.41, 5.74) is 0. The number of hydrogen-bond donors (Lipinski definition) is 2. The lowest BCUT2D eigenvalue weighted by molar-refractivity contribution is -0.870.